The molecule has 0 radical (unpaired) electrons. The van der Waals surface area contributed by atoms with Crippen LogP contribution in [-0.4, -0.2) is 18.8 Å². The van der Waals surface area contributed by atoms with Crippen molar-refractivity contribution < 1.29 is 4.74 Å². The van der Waals surface area contributed by atoms with Gasteiger partial charge in [0, 0.05) is 10.8 Å². The molecule has 2 aromatic carbocycles. The summed E-state index contributed by atoms with van der Waals surface area (Å²) in [5, 5.41) is 3.66. The van der Waals surface area contributed by atoms with Gasteiger partial charge >= 0.3 is 0 Å². The van der Waals surface area contributed by atoms with Crippen molar-refractivity contribution in [3.63, 3.8) is 0 Å². The number of hydrogen-bond acceptors (Lipinski definition) is 2. The molecule has 0 bridgehead atoms. The molecule has 0 N–H and O–H groups in total. The van der Waals surface area contributed by atoms with E-state index in [1.54, 1.807) is 0 Å². The average Bonchev–Trinajstić information content (AvgIpc) is 2.55. The highest BCUT2D eigenvalue weighted by Gasteiger charge is 2.22. The molecule has 2 rings (SSSR count). The summed E-state index contributed by atoms with van der Waals surface area (Å²) in [4.78, 5) is 2.82. The number of benzene rings is 2. The summed E-state index contributed by atoms with van der Waals surface area (Å²) in [5.41, 5.74) is 10.9. The minimum atomic E-state index is -0.167. The lowest BCUT2D eigenvalue weighted by atomic mass is 9.87. The second-order valence-corrected chi connectivity index (χ2v) is 5.39. The van der Waals surface area contributed by atoms with Crippen molar-refractivity contribution in [1.29, 1.82) is 0 Å². The zero-order valence-corrected chi connectivity index (χ0v) is 13.0. The first-order valence-electron chi connectivity index (χ1n) is 7.48. The first kappa shape index (κ1) is 16.1. The van der Waals surface area contributed by atoms with Crippen molar-refractivity contribution in [2.45, 2.75) is 31.9 Å². The third-order valence-electron chi connectivity index (χ3n) is 3.64. The normalized spacial score (nSPS) is 13.4. The van der Waals surface area contributed by atoms with E-state index in [0.717, 1.165) is 0 Å². The fraction of sp³-hybridized carbons (Fsp3) is 0.333. The van der Waals surface area contributed by atoms with Gasteiger partial charge in [-0.15, -0.1) is 0 Å². The van der Waals surface area contributed by atoms with Gasteiger partial charge in [-0.25, -0.2) is 0 Å². The molecule has 0 aromatic heterocycles. The van der Waals surface area contributed by atoms with Gasteiger partial charge < -0.3 is 4.74 Å². The molecule has 0 aliphatic rings. The molecule has 22 heavy (non-hydrogen) atoms. The number of rotatable bonds is 7. The van der Waals surface area contributed by atoms with Crippen molar-refractivity contribution in [1.82, 2.24) is 0 Å². The van der Waals surface area contributed by atoms with Crippen LogP contribution >= 0.6 is 0 Å². The van der Waals surface area contributed by atoms with E-state index in [9.17, 15) is 0 Å². The van der Waals surface area contributed by atoms with E-state index < -0.39 is 0 Å². The summed E-state index contributed by atoms with van der Waals surface area (Å²) >= 11 is 0. The van der Waals surface area contributed by atoms with E-state index in [-0.39, 0.29) is 18.1 Å². The lowest BCUT2D eigenvalue weighted by Crippen LogP contribution is -2.23. The molecule has 0 amide bonds. The molecule has 2 atom stereocenters. The van der Waals surface area contributed by atoms with Crippen LogP contribution in [0.15, 0.2) is 65.8 Å². The molecule has 4 heteroatoms. The zero-order chi connectivity index (χ0) is 15.8. The van der Waals surface area contributed by atoms with Gasteiger partial charge in [-0.2, -0.15) is 0 Å². The minimum absolute atomic E-state index is 0.0128. The molecule has 0 saturated carbocycles. The van der Waals surface area contributed by atoms with E-state index in [4.69, 9.17) is 10.3 Å². The summed E-state index contributed by atoms with van der Waals surface area (Å²) in [7, 11) is 0. The quantitative estimate of drug-likeness (QED) is 0.406. The Balaban J connectivity index is 2.19. The topological polar surface area (TPSA) is 58.0 Å². The second kappa shape index (κ2) is 8.23. The van der Waals surface area contributed by atoms with Crippen molar-refractivity contribution in [3.8, 4) is 0 Å². The molecule has 0 aliphatic carbocycles. The van der Waals surface area contributed by atoms with Crippen LogP contribution < -0.4 is 0 Å². The van der Waals surface area contributed by atoms with E-state index in [0.29, 0.717) is 6.61 Å². The fourth-order valence-corrected chi connectivity index (χ4v) is 2.56. The first-order valence-corrected chi connectivity index (χ1v) is 7.48. The molecule has 0 aliphatic heterocycles. The van der Waals surface area contributed by atoms with Gasteiger partial charge in [0.25, 0.3) is 0 Å². The van der Waals surface area contributed by atoms with Crippen molar-refractivity contribution >= 4 is 0 Å². The molecule has 0 saturated heterocycles. The van der Waals surface area contributed by atoms with E-state index in [2.05, 4.69) is 41.2 Å². The number of azide groups is 1. The predicted octanol–water partition coefficient (Wildman–Crippen LogP) is 4.92. The number of hydrogen-bond donors (Lipinski definition) is 0. The lowest BCUT2D eigenvalue weighted by Gasteiger charge is -2.26. The Morgan fingerprint density at radius 2 is 1.45 bits per heavy atom. The highest BCUT2D eigenvalue weighted by molar-refractivity contribution is 5.33. The maximum Gasteiger partial charge on any atom is 0.0656 e. The molecular formula is C18H21N3O. The van der Waals surface area contributed by atoms with Crippen molar-refractivity contribution in [2.75, 3.05) is 6.61 Å². The zero-order valence-electron chi connectivity index (χ0n) is 13.0. The molecule has 4 nitrogen and oxygen atoms in total. The average molecular weight is 295 g/mol. The highest BCUT2D eigenvalue weighted by atomic mass is 16.5. The maximum absolute atomic E-state index is 8.47. The van der Waals surface area contributed by atoms with Gasteiger partial charge in [-0.3, -0.25) is 0 Å². The fourth-order valence-electron chi connectivity index (χ4n) is 2.56. The monoisotopic (exact) mass is 295 g/mol. The Labute approximate surface area is 131 Å². The van der Waals surface area contributed by atoms with Gasteiger partial charge in [0.2, 0.25) is 0 Å². The van der Waals surface area contributed by atoms with Crippen LogP contribution in [0, 0.1) is 0 Å². The molecule has 0 spiro atoms. The van der Waals surface area contributed by atoms with Crippen molar-refractivity contribution in [2.24, 2.45) is 5.11 Å². The van der Waals surface area contributed by atoms with Gasteiger partial charge in [-0.1, -0.05) is 72.7 Å². The molecule has 114 valence electrons. The Bertz CT molecular complexity index is 569. The lowest BCUT2D eigenvalue weighted by molar-refractivity contribution is 0.0485. The predicted molar refractivity (Wildman–Crippen MR) is 88.7 cm³/mol. The van der Waals surface area contributed by atoms with Crippen molar-refractivity contribution in [3.05, 3.63) is 82.2 Å². The van der Waals surface area contributed by atoms with Gasteiger partial charge in [-0.05, 0) is 23.6 Å². The summed E-state index contributed by atoms with van der Waals surface area (Å²) in [5.74, 6) is 0.153. The standard InChI is InChI=1S/C18H21N3O/c1-14(20-21-19)13-22-15(2)18(16-9-5-3-6-10-16)17-11-7-4-8-12-17/h3-12,14-15,18H,13H2,1-2H3/t14-,15?/m0/s1. The number of ether oxygens (including phenoxy) is 1. The summed E-state index contributed by atoms with van der Waals surface area (Å²) in [6.45, 7) is 4.33. The molecule has 1 unspecified atom stereocenters. The van der Waals surface area contributed by atoms with E-state index in [1.807, 2.05) is 43.3 Å². The largest absolute Gasteiger partial charge is 0.377 e. The Morgan fingerprint density at radius 3 is 1.91 bits per heavy atom. The van der Waals surface area contributed by atoms with E-state index >= 15 is 0 Å². The summed E-state index contributed by atoms with van der Waals surface area (Å²) in [6.07, 6.45) is -0.0128. The van der Waals surface area contributed by atoms with E-state index in [1.165, 1.54) is 11.1 Å². The first-order chi connectivity index (χ1) is 10.7. The molecule has 0 heterocycles. The SMILES string of the molecule is CC(OC[C@H](C)N=[N+]=[N-])C(c1ccccc1)c1ccccc1. The number of nitrogens with zero attached hydrogens (tertiary/aromatic N) is 3. The molecule has 0 fully saturated rings. The summed E-state index contributed by atoms with van der Waals surface area (Å²) in [6, 6.07) is 20.5. The highest BCUT2D eigenvalue weighted by Crippen LogP contribution is 2.29. The van der Waals surface area contributed by atoms with Crippen LogP contribution in [0.2, 0.25) is 0 Å². The van der Waals surface area contributed by atoms with Crippen LogP contribution in [0.3, 0.4) is 0 Å². The van der Waals surface area contributed by atoms with Gasteiger partial charge in [0.1, 0.15) is 0 Å². The van der Waals surface area contributed by atoms with Gasteiger partial charge in [0.15, 0.2) is 0 Å². The summed E-state index contributed by atoms with van der Waals surface area (Å²) < 4.78 is 5.96. The van der Waals surface area contributed by atoms with Crippen LogP contribution in [0.1, 0.15) is 30.9 Å². The van der Waals surface area contributed by atoms with Gasteiger partial charge in [0.05, 0.1) is 18.8 Å². The van der Waals surface area contributed by atoms with Crippen LogP contribution in [-0.2, 0) is 4.74 Å². The van der Waals surface area contributed by atoms with Crippen LogP contribution in [0.4, 0.5) is 0 Å². The molecular weight excluding hydrogens is 274 g/mol. The second-order valence-electron chi connectivity index (χ2n) is 5.39. The molecule has 2 aromatic rings. The van der Waals surface area contributed by atoms with Crippen LogP contribution in [0.25, 0.3) is 10.4 Å². The van der Waals surface area contributed by atoms with Crippen LogP contribution in [0.5, 0.6) is 0 Å². The Kier molecular flexibility index (Phi) is 6.01. The third kappa shape index (κ3) is 4.35. The maximum atomic E-state index is 8.47. The third-order valence-corrected chi connectivity index (χ3v) is 3.64. The smallest absolute Gasteiger partial charge is 0.0656 e. The Morgan fingerprint density at radius 1 is 0.955 bits per heavy atom. The Hall–Kier alpha value is -2.29. The minimum Gasteiger partial charge on any atom is -0.377 e.